The lowest BCUT2D eigenvalue weighted by Gasteiger charge is -2.29. The molecule has 3 amide bonds. The lowest BCUT2D eigenvalue weighted by Crippen LogP contribution is -2.52. The van der Waals surface area contributed by atoms with Gasteiger partial charge in [0, 0.05) is 46.5 Å². The Balaban J connectivity index is 1.50. The van der Waals surface area contributed by atoms with Crippen molar-refractivity contribution < 1.29 is 14.4 Å². The molecule has 1 atom stereocenters. The van der Waals surface area contributed by atoms with Crippen molar-refractivity contribution in [3.05, 3.63) is 51.3 Å². The molecule has 2 aliphatic rings. The standard InChI is InChI=1S/C23H22N4O3S/c1-12-8-17(13(2)31-12)21-18(10-24-26(21)3)14-4-5-16-15(9-14)11-27(23(16)30)19-6-7-20(28)25-22(19)29/h4-5,8-10,19H,6-7,11H2,1-3H3,(H,25,28,29). The van der Waals surface area contributed by atoms with Gasteiger partial charge in [-0.1, -0.05) is 6.07 Å². The molecule has 31 heavy (non-hydrogen) atoms. The second-order valence-corrected chi connectivity index (χ2v) is 9.59. The molecule has 5 rings (SSSR count). The van der Waals surface area contributed by atoms with Crippen molar-refractivity contribution in [3.8, 4) is 22.4 Å². The molecule has 0 spiro atoms. The van der Waals surface area contributed by atoms with Gasteiger partial charge in [-0.05, 0) is 49.6 Å². The van der Waals surface area contributed by atoms with Crippen LogP contribution in [0.4, 0.5) is 0 Å². The Morgan fingerprint density at radius 3 is 2.61 bits per heavy atom. The number of hydrogen-bond donors (Lipinski definition) is 1. The Labute approximate surface area is 183 Å². The van der Waals surface area contributed by atoms with Crippen LogP contribution in [0, 0.1) is 13.8 Å². The van der Waals surface area contributed by atoms with Crippen LogP contribution >= 0.6 is 11.3 Å². The first-order valence-electron chi connectivity index (χ1n) is 10.2. The van der Waals surface area contributed by atoms with Crippen LogP contribution in [0.3, 0.4) is 0 Å². The smallest absolute Gasteiger partial charge is 0.255 e. The van der Waals surface area contributed by atoms with E-state index in [4.69, 9.17) is 0 Å². The monoisotopic (exact) mass is 434 g/mol. The van der Waals surface area contributed by atoms with Crippen molar-refractivity contribution in [2.45, 2.75) is 39.3 Å². The number of aromatic nitrogens is 2. The highest BCUT2D eigenvalue weighted by atomic mass is 32.1. The summed E-state index contributed by atoms with van der Waals surface area (Å²) < 4.78 is 1.89. The van der Waals surface area contributed by atoms with E-state index in [-0.39, 0.29) is 18.2 Å². The van der Waals surface area contributed by atoms with Crippen LogP contribution in [0.2, 0.25) is 0 Å². The fraction of sp³-hybridized carbons (Fsp3) is 0.304. The Hall–Kier alpha value is -3.26. The number of hydrogen-bond acceptors (Lipinski definition) is 5. The molecule has 1 saturated heterocycles. The molecule has 1 aromatic carbocycles. The molecule has 8 heteroatoms. The molecule has 4 heterocycles. The zero-order valence-electron chi connectivity index (χ0n) is 17.6. The fourth-order valence-electron chi connectivity index (χ4n) is 4.58. The maximum atomic E-state index is 13.0. The Morgan fingerprint density at radius 1 is 1.10 bits per heavy atom. The number of carbonyl (C=O) groups excluding carboxylic acids is 3. The van der Waals surface area contributed by atoms with Crippen molar-refractivity contribution in [1.29, 1.82) is 0 Å². The highest BCUT2D eigenvalue weighted by Gasteiger charge is 2.39. The molecule has 0 bridgehead atoms. The number of rotatable bonds is 3. The molecule has 0 radical (unpaired) electrons. The average Bonchev–Trinajstić information content (AvgIpc) is 3.36. The van der Waals surface area contributed by atoms with Crippen LogP contribution in [0.1, 0.15) is 38.5 Å². The summed E-state index contributed by atoms with van der Waals surface area (Å²) in [6.07, 6.45) is 2.47. The largest absolute Gasteiger partial charge is 0.322 e. The summed E-state index contributed by atoms with van der Waals surface area (Å²) in [7, 11) is 1.94. The molecule has 2 aromatic heterocycles. The van der Waals surface area contributed by atoms with Gasteiger partial charge in [0.1, 0.15) is 6.04 Å². The first-order valence-corrected chi connectivity index (χ1v) is 11.0. The van der Waals surface area contributed by atoms with E-state index in [1.165, 1.54) is 15.3 Å². The molecule has 1 fully saturated rings. The van der Waals surface area contributed by atoms with Crippen molar-refractivity contribution >= 4 is 29.1 Å². The number of carbonyl (C=O) groups is 3. The summed E-state index contributed by atoms with van der Waals surface area (Å²) in [5.41, 5.74) is 5.72. The summed E-state index contributed by atoms with van der Waals surface area (Å²) in [6.45, 7) is 4.57. The summed E-state index contributed by atoms with van der Waals surface area (Å²) >= 11 is 1.76. The number of fused-ring (bicyclic) bond motifs is 1. The Morgan fingerprint density at radius 2 is 1.90 bits per heavy atom. The molecule has 2 aliphatic heterocycles. The maximum Gasteiger partial charge on any atom is 0.255 e. The van der Waals surface area contributed by atoms with Crippen LogP contribution in [-0.2, 0) is 23.2 Å². The summed E-state index contributed by atoms with van der Waals surface area (Å²) in [5.74, 6) is -0.835. The van der Waals surface area contributed by atoms with Gasteiger partial charge in [0.2, 0.25) is 11.8 Å². The molecule has 0 aliphatic carbocycles. The number of aryl methyl sites for hydroxylation is 3. The number of nitrogens with zero attached hydrogens (tertiary/aromatic N) is 3. The summed E-state index contributed by atoms with van der Waals surface area (Å²) in [5, 5.41) is 6.84. The predicted molar refractivity (Wildman–Crippen MR) is 117 cm³/mol. The molecule has 3 aromatic rings. The number of piperidine rings is 1. The minimum absolute atomic E-state index is 0.160. The SMILES string of the molecule is Cc1cc(-c2c(-c3ccc4c(c3)CN(C3CCC(=O)NC3=O)C4=O)cnn2C)c(C)s1. The third-order valence-corrected chi connectivity index (χ3v) is 7.04. The summed E-state index contributed by atoms with van der Waals surface area (Å²) in [6, 6.07) is 7.38. The lowest BCUT2D eigenvalue weighted by molar-refractivity contribution is -0.136. The van der Waals surface area contributed by atoms with Gasteiger partial charge >= 0.3 is 0 Å². The quantitative estimate of drug-likeness (QED) is 0.642. The second-order valence-electron chi connectivity index (χ2n) is 8.13. The molecular weight excluding hydrogens is 412 g/mol. The van der Waals surface area contributed by atoms with Crippen molar-refractivity contribution in [2.75, 3.05) is 0 Å². The van der Waals surface area contributed by atoms with Gasteiger partial charge < -0.3 is 4.90 Å². The summed E-state index contributed by atoms with van der Waals surface area (Å²) in [4.78, 5) is 40.8. The highest BCUT2D eigenvalue weighted by Crippen LogP contribution is 2.38. The Kier molecular flexibility index (Phi) is 4.55. The highest BCUT2D eigenvalue weighted by molar-refractivity contribution is 7.12. The zero-order valence-corrected chi connectivity index (χ0v) is 18.4. The first kappa shape index (κ1) is 19.7. The number of nitrogens with one attached hydrogen (secondary N) is 1. The van der Waals surface area contributed by atoms with E-state index in [1.54, 1.807) is 16.2 Å². The van der Waals surface area contributed by atoms with E-state index in [0.717, 1.165) is 22.4 Å². The van der Waals surface area contributed by atoms with E-state index in [0.29, 0.717) is 18.5 Å². The van der Waals surface area contributed by atoms with Crippen molar-refractivity contribution in [2.24, 2.45) is 7.05 Å². The van der Waals surface area contributed by atoms with Gasteiger partial charge in [0.25, 0.3) is 5.91 Å². The van der Waals surface area contributed by atoms with Crippen molar-refractivity contribution in [1.82, 2.24) is 20.0 Å². The predicted octanol–water partition coefficient (Wildman–Crippen LogP) is 3.19. The molecule has 158 valence electrons. The van der Waals surface area contributed by atoms with Gasteiger partial charge in [-0.15, -0.1) is 11.3 Å². The van der Waals surface area contributed by atoms with Gasteiger partial charge in [0.15, 0.2) is 0 Å². The van der Waals surface area contributed by atoms with Gasteiger partial charge in [-0.25, -0.2) is 0 Å². The van der Waals surface area contributed by atoms with Gasteiger partial charge in [0.05, 0.1) is 11.9 Å². The van der Waals surface area contributed by atoms with Crippen LogP contribution in [0.5, 0.6) is 0 Å². The van der Waals surface area contributed by atoms with E-state index in [9.17, 15) is 14.4 Å². The number of thiophene rings is 1. The normalized spacial score (nSPS) is 18.5. The average molecular weight is 435 g/mol. The number of amides is 3. The molecule has 1 N–H and O–H groups in total. The van der Waals surface area contributed by atoms with Gasteiger partial charge in [-0.2, -0.15) is 5.10 Å². The third kappa shape index (κ3) is 3.18. The molecule has 7 nitrogen and oxygen atoms in total. The van der Waals surface area contributed by atoms with E-state index in [1.807, 2.05) is 36.1 Å². The zero-order chi connectivity index (χ0) is 21.9. The second kappa shape index (κ2) is 7.16. The van der Waals surface area contributed by atoms with Crippen LogP contribution < -0.4 is 5.32 Å². The van der Waals surface area contributed by atoms with Crippen LogP contribution in [0.15, 0.2) is 30.5 Å². The van der Waals surface area contributed by atoms with Crippen LogP contribution in [0.25, 0.3) is 22.4 Å². The topological polar surface area (TPSA) is 84.3 Å². The van der Waals surface area contributed by atoms with E-state index in [2.05, 4.69) is 30.3 Å². The van der Waals surface area contributed by atoms with Crippen molar-refractivity contribution in [3.63, 3.8) is 0 Å². The minimum atomic E-state index is -0.605. The third-order valence-electron chi connectivity index (χ3n) is 6.07. The van der Waals surface area contributed by atoms with Gasteiger partial charge in [-0.3, -0.25) is 24.4 Å². The number of benzene rings is 1. The Bertz CT molecular complexity index is 1260. The maximum absolute atomic E-state index is 13.0. The fourth-order valence-corrected chi connectivity index (χ4v) is 5.50. The minimum Gasteiger partial charge on any atom is -0.322 e. The lowest BCUT2D eigenvalue weighted by atomic mass is 9.98. The first-order chi connectivity index (χ1) is 14.8. The molecule has 0 saturated carbocycles. The molecule has 1 unspecified atom stereocenters. The van der Waals surface area contributed by atoms with E-state index >= 15 is 0 Å². The van der Waals surface area contributed by atoms with Crippen LogP contribution in [-0.4, -0.2) is 38.4 Å². The van der Waals surface area contributed by atoms with E-state index < -0.39 is 11.9 Å². The molecular formula is C23H22N4O3S. The number of imide groups is 1.